The molecule has 160 valence electrons. The first-order valence-electron chi connectivity index (χ1n) is 9.90. The number of carbonyl (C=O) groups excluding carboxylic acids is 2. The molecule has 0 radical (unpaired) electrons. The lowest BCUT2D eigenvalue weighted by molar-refractivity contribution is -0.133. The molecule has 0 saturated carbocycles. The SMILES string of the molecule is Cc1cc2n(n1)CC(C)(C(=O)NCc1ccc(Cl)cc1)N(Cc1ccc(Cl)cc1)C2=O. The van der Waals surface area contributed by atoms with Gasteiger partial charge in [0, 0.05) is 23.1 Å². The summed E-state index contributed by atoms with van der Waals surface area (Å²) in [5, 5.41) is 8.64. The van der Waals surface area contributed by atoms with Crippen LogP contribution in [0.5, 0.6) is 0 Å². The number of carbonyl (C=O) groups is 2. The van der Waals surface area contributed by atoms with E-state index in [0.717, 1.165) is 16.8 Å². The third-order valence-corrected chi connectivity index (χ3v) is 6.03. The van der Waals surface area contributed by atoms with E-state index in [1.54, 1.807) is 46.8 Å². The van der Waals surface area contributed by atoms with Gasteiger partial charge in [-0.1, -0.05) is 47.5 Å². The van der Waals surface area contributed by atoms with Gasteiger partial charge in [-0.2, -0.15) is 5.10 Å². The number of nitrogens with zero attached hydrogens (tertiary/aromatic N) is 3. The molecule has 0 aliphatic carbocycles. The topological polar surface area (TPSA) is 67.2 Å². The fraction of sp³-hybridized carbons (Fsp3) is 0.261. The van der Waals surface area contributed by atoms with Gasteiger partial charge in [0.25, 0.3) is 5.91 Å². The van der Waals surface area contributed by atoms with Crippen LogP contribution < -0.4 is 5.32 Å². The van der Waals surface area contributed by atoms with Crippen LogP contribution in [0.2, 0.25) is 10.0 Å². The molecule has 2 aromatic carbocycles. The van der Waals surface area contributed by atoms with Crippen molar-refractivity contribution in [2.24, 2.45) is 0 Å². The Morgan fingerprint density at radius 2 is 1.65 bits per heavy atom. The second kappa shape index (κ2) is 8.36. The zero-order chi connectivity index (χ0) is 22.2. The summed E-state index contributed by atoms with van der Waals surface area (Å²) in [6, 6.07) is 16.3. The van der Waals surface area contributed by atoms with E-state index in [2.05, 4.69) is 10.4 Å². The number of rotatable bonds is 5. The van der Waals surface area contributed by atoms with Crippen LogP contribution in [0, 0.1) is 6.92 Å². The summed E-state index contributed by atoms with van der Waals surface area (Å²) in [6.07, 6.45) is 0. The highest BCUT2D eigenvalue weighted by Crippen LogP contribution is 2.29. The molecule has 1 unspecified atom stereocenters. The predicted molar refractivity (Wildman–Crippen MR) is 120 cm³/mol. The standard InChI is InChI=1S/C23H22Cl2N4O2/c1-15-11-20-21(30)28(13-17-5-9-19(25)10-6-17)23(2,14-29(20)27-15)22(31)26-12-16-3-7-18(24)8-4-16/h3-11H,12-14H2,1-2H3,(H,26,31). The zero-order valence-electron chi connectivity index (χ0n) is 17.2. The van der Waals surface area contributed by atoms with Crippen molar-refractivity contribution in [2.75, 3.05) is 0 Å². The van der Waals surface area contributed by atoms with Crippen LogP contribution in [-0.2, 0) is 24.4 Å². The van der Waals surface area contributed by atoms with Gasteiger partial charge in [0.05, 0.1) is 12.2 Å². The Hall–Kier alpha value is -2.83. The number of benzene rings is 2. The highest BCUT2D eigenvalue weighted by molar-refractivity contribution is 6.30. The molecule has 1 atom stereocenters. The number of amides is 2. The van der Waals surface area contributed by atoms with E-state index in [-0.39, 0.29) is 24.9 Å². The monoisotopic (exact) mass is 456 g/mol. The van der Waals surface area contributed by atoms with Crippen LogP contribution >= 0.6 is 23.2 Å². The maximum atomic E-state index is 13.4. The quantitative estimate of drug-likeness (QED) is 0.624. The Kier molecular flexibility index (Phi) is 5.77. The maximum Gasteiger partial charge on any atom is 0.273 e. The average Bonchev–Trinajstić information content (AvgIpc) is 3.11. The Morgan fingerprint density at radius 1 is 1.06 bits per heavy atom. The van der Waals surface area contributed by atoms with Gasteiger partial charge in [-0.05, 0) is 55.3 Å². The molecule has 0 saturated heterocycles. The fourth-order valence-electron chi connectivity index (χ4n) is 3.77. The molecule has 0 spiro atoms. The molecule has 3 aromatic rings. The van der Waals surface area contributed by atoms with Gasteiger partial charge in [-0.25, -0.2) is 0 Å². The molecule has 6 nitrogen and oxygen atoms in total. The van der Waals surface area contributed by atoms with E-state index in [4.69, 9.17) is 23.2 Å². The molecule has 1 aromatic heterocycles. The summed E-state index contributed by atoms with van der Waals surface area (Å²) in [4.78, 5) is 28.4. The van der Waals surface area contributed by atoms with Gasteiger partial charge < -0.3 is 10.2 Å². The third-order valence-electron chi connectivity index (χ3n) is 5.53. The van der Waals surface area contributed by atoms with Crippen LogP contribution in [0.3, 0.4) is 0 Å². The van der Waals surface area contributed by atoms with Gasteiger partial charge in [0.15, 0.2) is 0 Å². The van der Waals surface area contributed by atoms with Crippen molar-refractivity contribution >= 4 is 35.0 Å². The number of hydrogen-bond acceptors (Lipinski definition) is 3. The second-order valence-electron chi connectivity index (χ2n) is 7.93. The minimum absolute atomic E-state index is 0.231. The lowest BCUT2D eigenvalue weighted by Crippen LogP contribution is -2.63. The number of aromatic nitrogens is 2. The number of hydrogen-bond donors (Lipinski definition) is 1. The summed E-state index contributed by atoms with van der Waals surface area (Å²) >= 11 is 11.9. The summed E-state index contributed by atoms with van der Waals surface area (Å²) in [6.45, 7) is 4.49. The molecule has 31 heavy (non-hydrogen) atoms. The molecule has 0 fully saturated rings. The van der Waals surface area contributed by atoms with Crippen LogP contribution in [0.4, 0.5) is 0 Å². The molecule has 2 amide bonds. The van der Waals surface area contributed by atoms with E-state index < -0.39 is 5.54 Å². The highest BCUT2D eigenvalue weighted by atomic mass is 35.5. The van der Waals surface area contributed by atoms with Gasteiger partial charge in [-0.15, -0.1) is 0 Å². The van der Waals surface area contributed by atoms with E-state index in [1.807, 2.05) is 31.2 Å². The normalized spacial score (nSPS) is 18.1. The fourth-order valence-corrected chi connectivity index (χ4v) is 4.02. The third kappa shape index (κ3) is 4.31. The van der Waals surface area contributed by atoms with E-state index in [0.29, 0.717) is 22.3 Å². The first-order valence-corrected chi connectivity index (χ1v) is 10.7. The van der Waals surface area contributed by atoms with Crippen LogP contribution in [0.25, 0.3) is 0 Å². The zero-order valence-corrected chi connectivity index (χ0v) is 18.7. The van der Waals surface area contributed by atoms with Crippen molar-refractivity contribution in [2.45, 2.75) is 39.0 Å². The van der Waals surface area contributed by atoms with Gasteiger partial charge >= 0.3 is 0 Å². The second-order valence-corrected chi connectivity index (χ2v) is 8.80. The average molecular weight is 457 g/mol. The summed E-state index contributed by atoms with van der Waals surface area (Å²) < 4.78 is 1.62. The van der Waals surface area contributed by atoms with Crippen molar-refractivity contribution in [3.05, 3.63) is 87.2 Å². The molecule has 8 heteroatoms. The maximum absolute atomic E-state index is 13.4. The molecular weight excluding hydrogens is 435 g/mol. The van der Waals surface area contributed by atoms with Gasteiger partial charge in [-0.3, -0.25) is 14.3 Å². The van der Waals surface area contributed by atoms with E-state index in [1.165, 1.54) is 0 Å². The lowest BCUT2D eigenvalue weighted by Gasteiger charge is -2.43. The minimum atomic E-state index is -1.12. The van der Waals surface area contributed by atoms with Crippen molar-refractivity contribution < 1.29 is 9.59 Å². The highest BCUT2D eigenvalue weighted by Gasteiger charge is 2.47. The predicted octanol–water partition coefficient (Wildman–Crippen LogP) is 4.23. The van der Waals surface area contributed by atoms with E-state index >= 15 is 0 Å². The molecule has 4 rings (SSSR count). The molecule has 0 bridgehead atoms. The molecular formula is C23H22Cl2N4O2. The molecule has 1 aliphatic rings. The van der Waals surface area contributed by atoms with Crippen LogP contribution in [0.1, 0.15) is 34.2 Å². The van der Waals surface area contributed by atoms with Crippen LogP contribution in [-0.4, -0.2) is 32.0 Å². The smallest absolute Gasteiger partial charge is 0.273 e. The van der Waals surface area contributed by atoms with E-state index in [9.17, 15) is 9.59 Å². The first kappa shape index (κ1) is 21.4. The number of fused-ring (bicyclic) bond motifs is 1. The van der Waals surface area contributed by atoms with Crippen molar-refractivity contribution in [1.82, 2.24) is 20.0 Å². The van der Waals surface area contributed by atoms with Crippen LogP contribution in [0.15, 0.2) is 54.6 Å². The van der Waals surface area contributed by atoms with Gasteiger partial charge in [0.2, 0.25) is 5.91 Å². The minimum Gasteiger partial charge on any atom is -0.350 e. The van der Waals surface area contributed by atoms with Crippen molar-refractivity contribution in [1.29, 1.82) is 0 Å². The Bertz CT molecular complexity index is 1130. The number of nitrogens with one attached hydrogen (secondary N) is 1. The molecule has 1 N–H and O–H groups in total. The summed E-state index contributed by atoms with van der Waals surface area (Å²) in [5.74, 6) is -0.477. The number of halogens is 2. The van der Waals surface area contributed by atoms with Crippen molar-refractivity contribution in [3.63, 3.8) is 0 Å². The van der Waals surface area contributed by atoms with Crippen molar-refractivity contribution in [3.8, 4) is 0 Å². The summed E-state index contributed by atoms with van der Waals surface area (Å²) in [7, 11) is 0. The lowest BCUT2D eigenvalue weighted by atomic mass is 9.94. The molecule has 2 heterocycles. The summed E-state index contributed by atoms with van der Waals surface area (Å²) in [5.41, 5.74) is 1.91. The molecule has 1 aliphatic heterocycles. The Labute approximate surface area is 190 Å². The largest absolute Gasteiger partial charge is 0.350 e. The Balaban J connectivity index is 1.63. The van der Waals surface area contributed by atoms with Gasteiger partial charge in [0.1, 0.15) is 11.2 Å². The first-order chi connectivity index (χ1) is 14.8. The Morgan fingerprint density at radius 3 is 2.26 bits per heavy atom. The number of aryl methyl sites for hydroxylation is 1.